The lowest BCUT2D eigenvalue weighted by atomic mass is 10.0. The first kappa shape index (κ1) is 9.78. The maximum atomic E-state index is 11.0. The second-order valence-corrected chi connectivity index (χ2v) is 3.86. The predicted molar refractivity (Wildman–Crippen MR) is 53.2 cm³/mol. The van der Waals surface area contributed by atoms with Gasteiger partial charge < -0.3 is 9.67 Å². The van der Waals surface area contributed by atoms with Crippen LogP contribution in [0.2, 0.25) is 0 Å². The number of hydrogen-bond acceptors (Lipinski definition) is 2. The fourth-order valence-electron chi connectivity index (χ4n) is 2.34. The minimum Gasteiger partial charge on any atom is -0.481 e. The lowest BCUT2D eigenvalue weighted by Gasteiger charge is -2.18. The minimum absolute atomic E-state index is 0.0489. The van der Waals surface area contributed by atoms with Gasteiger partial charge in [-0.05, 0) is 25.0 Å². The third-order valence-electron chi connectivity index (χ3n) is 3.05. The van der Waals surface area contributed by atoms with Crippen molar-refractivity contribution in [2.75, 3.05) is 0 Å². The highest BCUT2D eigenvalue weighted by atomic mass is 16.4. The Balaban J connectivity index is 2.31. The van der Waals surface area contributed by atoms with E-state index in [0.29, 0.717) is 12.1 Å². The van der Waals surface area contributed by atoms with Gasteiger partial charge in [0.05, 0.1) is 5.92 Å². The second-order valence-electron chi connectivity index (χ2n) is 3.86. The fourth-order valence-corrected chi connectivity index (χ4v) is 2.34. The van der Waals surface area contributed by atoms with Gasteiger partial charge in [-0.1, -0.05) is 6.42 Å². The Morgan fingerprint density at radius 3 is 3.07 bits per heavy atom. The summed E-state index contributed by atoms with van der Waals surface area (Å²) < 4.78 is 1.80. The molecule has 0 spiro atoms. The largest absolute Gasteiger partial charge is 0.481 e. The zero-order chi connectivity index (χ0) is 10.8. The average Bonchev–Trinajstić information content (AvgIpc) is 2.85. The molecule has 2 unspecified atom stereocenters. The van der Waals surface area contributed by atoms with Crippen molar-refractivity contribution >= 4 is 5.97 Å². The van der Waals surface area contributed by atoms with E-state index >= 15 is 0 Å². The summed E-state index contributed by atoms with van der Waals surface area (Å²) in [5, 5.41) is 17.9. The first-order valence-corrected chi connectivity index (χ1v) is 5.04. The molecule has 1 aliphatic carbocycles. The number of carboxylic acids is 1. The van der Waals surface area contributed by atoms with Crippen molar-refractivity contribution in [2.45, 2.75) is 25.3 Å². The number of hydrogen-bond donors (Lipinski definition) is 1. The molecule has 0 bridgehead atoms. The molecule has 0 aliphatic heterocycles. The van der Waals surface area contributed by atoms with Crippen molar-refractivity contribution < 1.29 is 9.90 Å². The molecular formula is C11H12N2O2. The van der Waals surface area contributed by atoms with Gasteiger partial charge in [-0.15, -0.1) is 0 Å². The smallest absolute Gasteiger partial charge is 0.308 e. The van der Waals surface area contributed by atoms with E-state index in [1.165, 1.54) is 0 Å². The average molecular weight is 204 g/mol. The number of carboxylic acid groups (broad SMARTS) is 1. The van der Waals surface area contributed by atoms with E-state index in [4.69, 9.17) is 10.4 Å². The van der Waals surface area contributed by atoms with E-state index in [9.17, 15) is 4.79 Å². The predicted octanol–water partition coefficient (Wildman–Crippen LogP) is 1.79. The van der Waals surface area contributed by atoms with Crippen LogP contribution in [-0.2, 0) is 4.79 Å². The molecule has 4 nitrogen and oxygen atoms in total. The van der Waals surface area contributed by atoms with Crippen molar-refractivity contribution in [2.24, 2.45) is 5.92 Å². The molecule has 1 aromatic rings. The molecule has 1 heterocycles. The van der Waals surface area contributed by atoms with Crippen molar-refractivity contribution in [3.63, 3.8) is 0 Å². The van der Waals surface area contributed by atoms with Crippen LogP contribution in [0.25, 0.3) is 0 Å². The Kier molecular flexibility index (Phi) is 2.46. The van der Waals surface area contributed by atoms with Crippen LogP contribution in [-0.4, -0.2) is 15.6 Å². The molecule has 2 rings (SSSR count). The third-order valence-corrected chi connectivity index (χ3v) is 3.05. The number of nitriles is 1. The monoisotopic (exact) mass is 204 g/mol. The molecule has 2 atom stereocenters. The molecule has 15 heavy (non-hydrogen) atoms. The van der Waals surface area contributed by atoms with Gasteiger partial charge in [-0.25, -0.2) is 0 Å². The van der Waals surface area contributed by atoms with E-state index in [1.807, 2.05) is 0 Å². The molecular weight excluding hydrogens is 192 g/mol. The van der Waals surface area contributed by atoms with Gasteiger partial charge in [-0.3, -0.25) is 4.79 Å². The molecule has 0 radical (unpaired) electrons. The zero-order valence-corrected chi connectivity index (χ0v) is 8.26. The lowest BCUT2D eigenvalue weighted by Crippen LogP contribution is -2.21. The van der Waals surface area contributed by atoms with E-state index in [1.54, 1.807) is 22.9 Å². The summed E-state index contributed by atoms with van der Waals surface area (Å²) in [6.07, 6.45) is 4.28. The van der Waals surface area contributed by atoms with Gasteiger partial charge in [0.15, 0.2) is 0 Å². The molecule has 1 N–H and O–H groups in total. The van der Waals surface area contributed by atoms with Crippen molar-refractivity contribution in [3.05, 3.63) is 24.0 Å². The SMILES string of the molecule is N#Cc1cccn1C1CCCC1C(=O)O. The van der Waals surface area contributed by atoms with Crippen LogP contribution in [0.5, 0.6) is 0 Å². The molecule has 1 saturated carbocycles. The number of nitrogens with zero attached hydrogens (tertiary/aromatic N) is 2. The molecule has 1 aromatic heterocycles. The van der Waals surface area contributed by atoms with E-state index < -0.39 is 5.97 Å². The van der Waals surface area contributed by atoms with Crippen LogP contribution in [0.3, 0.4) is 0 Å². The highest BCUT2D eigenvalue weighted by Gasteiger charge is 2.34. The molecule has 1 aliphatic rings. The number of aromatic nitrogens is 1. The normalized spacial score (nSPS) is 25.0. The molecule has 0 aromatic carbocycles. The van der Waals surface area contributed by atoms with Crippen molar-refractivity contribution in [3.8, 4) is 6.07 Å². The maximum absolute atomic E-state index is 11.0. The van der Waals surface area contributed by atoms with Gasteiger partial charge in [0, 0.05) is 12.2 Å². The van der Waals surface area contributed by atoms with Crippen LogP contribution < -0.4 is 0 Å². The van der Waals surface area contributed by atoms with Gasteiger partial charge in [0.25, 0.3) is 0 Å². The third kappa shape index (κ3) is 1.61. The van der Waals surface area contributed by atoms with Gasteiger partial charge in [0.2, 0.25) is 0 Å². The Labute approximate surface area is 87.7 Å². The highest BCUT2D eigenvalue weighted by Crippen LogP contribution is 2.36. The van der Waals surface area contributed by atoms with Gasteiger partial charge in [0.1, 0.15) is 11.8 Å². The Hall–Kier alpha value is -1.76. The summed E-state index contributed by atoms with van der Waals surface area (Å²) >= 11 is 0. The number of rotatable bonds is 2. The quantitative estimate of drug-likeness (QED) is 0.798. The van der Waals surface area contributed by atoms with Gasteiger partial charge in [-0.2, -0.15) is 5.26 Å². The standard InChI is InChI=1S/C11H12N2O2/c12-7-8-3-2-6-13(8)10-5-1-4-9(10)11(14)15/h2-3,6,9-10H,1,4-5H2,(H,14,15). The topological polar surface area (TPSA) is 66.0 Å². The van der Waals surface area contributed by atoms with Gasteiger partial charge >= 0.3 is 5.97 Å². The maximum Gasteiger partial charge on any atom is 0.308 e. The summed E-state index contributed by atoms with van der Waals surface area (Å²) in [6.45, 7) is 0. The van der Waals surface area contributed by atoms with Crippen LogP contribution in [0.15, 0.2) is 18.3 Å². The molecule has 0 saturated heterocycles. The number of carbonyl (C=O) groups is 1. The lowest BCUT2D eigenvalue weighted by molar-refractivity contribution is -0.142. The summed E-state index contributed by atoms with van der Waals surface area (Å²) in [7, 11) is 0. The summed E-state index contributed by atoms with van der Waals surface area (Å²) in [6, 6.07) is 5.54. The molecule has 0 amide bonds. The van der Waals surface area contributed by atoms with Crippen LogP contribution in [0, 0.1) is 17.2 Å². The van der Waals surface area contributed by atoms with E-state index in [-0.39, 0.29) is 12.0 Å². The number of aliphatic carboxylic acids is 1. The molecule has 78 valence electrons. The highest BCUT2D eigenvalue weighted by molar-refractivity contribution is 5.71. The van der Waals surface area contributed by atoms with Crippen LogP contribution in [0.1, 0.15) is 31.0 Å². The summed E-state index contributed by atoms with van der Waals surface area (Å²) in [5.74, 6) is -1.10. The molecule has 4 heteroatoms. The Morgan fingerprint density at radius 2 is 2.40 bits per heavy atom. The van der Waals surface area contributed by atoms with Crippen LogP contribution in [0.4, 0.5) is 0 Å². The van der Waals surface area contributed by atoms with Crippen molar-refractivity contribution in [1.29, 1.82) is 5.26 Å². The van der Waals surface area contributed by atoms with E-state index in [2.05, 4.69) is 6.07 Å². The Morgan fingerprint density at radius 1 is 1.60 bits per heavy atom. The Bertz CT molecular complexity index is 416. The first-order valence-electron chi connectivity index (χ1n) is 5.04. The first-order chi connectivity index (χ1) is 7.24. The molecule has 1 fully saturated rings. The van der Waals surface area contributed by atoms with Crippen molar-refractivity contribution in [1.82, 2.24) is 4.57 Å². The van der Waals surface area contributed by atoms with Crippen LogP contribution >= 0.6 is 0 Å². The zero-order valence-electron chi connectivity index (χ0n) is 8.26. The summed E-state index contributed by atoms with van der Waals surface area (Å²) in [4.78, 5) is 11.0. The second kappa shape index (κ2) is 3.77. The summed E-state index contributed by atoms with van der Waals surface area (Å²) in [5.41, 5.74) is 0.549. The van der Waals surface area contributed by atoms with E-state index in [0.717, 1.165) is 12.8 Å². The minimum atomic E-state index is -0.755. The fraction of sp³-hybridized carbons (Fsp3) is 0.455.